The Morgan fingerprint density at radius 2 is 1.87 bits per heavy atom. The van der Waals surface area contributed by atoms with Crippen LogP contribution in [0.2, 0.25) is 0 Å². The number of amides is 1. The van der Waals surface area contributed by atoms with Gasteiger partial charge in [0, 0.05) is 11.1 Å². The van der Waals surface area contributed by atoms with Crippen LogP contribution in [-0.4, -0.2) is 38.0 Å². The number of hydrogen-bond donors (Lipinski definition) is 1. The summed E-state index contributed by atoms with van der Waals surface area (Å²) in [5.74, 6) is 0.642. The monoisotopic (exact) mass is 419 g/mol. The van der Waals surface area contributed by atoms with Crippen molar-refractivity contribution in [1.29, 1.82) is 0 Å². The minimum absolute atomic E-state index is 0.128. The summed E-state index contributed by atoms with van der Waals surface area (Å²) < 4.78 is 7.10. The molecule has 1 amide bonds. The van der Waals surface area contributed by atoms with E-state index < -0.39 is 5.25 Å². The minimum Gasteiger partial charge on any atom is -0.494 e. The normalized spacial score (nSPS) is 11.9. The molecule has 0 aliphatic rings. The van der Waals surface area contributed by atoms with Gasteiger partial charge < -0.3 is 10.1 Å². The highest BCUT2D eigenvalue weighted by Crippen LogP contribution is 2.28. The standard InChI is InChI=1S/C22H21N5O2S/c1-3-29-18-13-11-17(12-14-18)23-21(28)15(2)30-22-24-25-26-27(22)20-10-6-8-16-7-4-5-9-19(16)20/h4-15H,3H2,1-2H3,(H,23,28). The number of hydrogen-bond acceptors (Lipinski definition) is 6. The average Bonchev–Trinajstić information content (AvgIpc) is 3.22. The Balaban J connectivity index is 1.50. The maximum Gasteiger partial charge on any atom is 0.237 e. The highest BCUT2D eigenvalue weighted by atomic mass is 32.2. The van der Waals surface area contributed by atoms with Crippen LogP contribution in [0.3, 0.4) is 0 Å². The second-order valence-corrected chi connectivity index (χ2v) is 7.89. The topological polar surface area (TPSA) is 81.9 Å². The van der Waals surface area contributed by atoms with Crippen molar-refractivity contribution in [3.63, 3.8) is 0 Å². The van der Waals surface area contributed by atoms with Gasteiger partial charge in [-0.2, -0.15) is 4.68 Å². The van der Waals surface area contributed by atoms with E-state index in [1.54, 1.807) is 4.68 Å². The van der Waals surface area contributed by atoms with Gasteiger partial charge >= 0.3 is 0 Å². The molecule has 4 aromatic rings. The number of thioether (sulfide) groups is 1. The molecule has 4 rings (SSSR count). The van der Waals surface area contributed by atoms with Gasteiger partial charge in [-0.25, -0.2) is 0 Å². The Morgan fingerprint density at radius 3 is 2.67 bits per heavy atom. The molecule has 30 heavy (non-hydrogen) atoms. The molecule has 152 valence electrons. The highest BCUT2D eigenvalue weighted by Gasteiger charge is 2.20. The number of carbonyl (C=O) groups is 1. The van der Waals surface area contributed by atoms with E-state index in [9.17, 15) is 4.79 Å². The number of ether oxygens (including phenoxy) is 1. The fourth-order valence-electron chi connectivity index (χ4n) is 3.05. The molecule has 1 aromatic heterocycles. The van der Waals surface area contributed by atoms with E-state index in [1.165, 1.54) is 11.8 Å². The molecule has 7 nitrogen and oxygen atoms in total. The summed E-state index contributed by atoms with van der Waals surface area (Å²) >= 11 is 1.31. The van der Waals surface area contributed by atoms with Gasteiger partial charge in [0.1, 0.15) is 5.75 Å². The van der Waals surface area contributed by atoms with Crippen LogP contribution in [0.25, 0.3) is 16.5 Å². The average molecular weight is 420 g/mol. The van der Waals surface area contributed by atoms with E-state index in [1.807, 2.05) is 80.6 Å². The maximum absolute atomic E-state index is 12.7. The van der Waals surface area contributed by atoms with Gasteiger partial charge in [-0.3, -0.25) is 4.79 Å². The van der Waals surface area contributed by atoms with Crippen LogP contribution in [-0.2, 0) is 4.79 Å². The number of rotatable bonds is 7. The molecule has 1 N–H and O–H groups in total. The van der Waals surface area contributed by atoms with E-state index in [0.717, 1.165) is 22.2 Å². The summed E-state index contributed by atoms with van der Waals surface area (Å²) in [5, 5.41) is 17.3. The van der Waals surface area contributed by atoms with Crippen LogP contribution in [0.4, 0.5) is 5.69 Å². The quantitative estimate of drug-likeness (QED) is 0.449. The number of aromatic nitrogens is 4. The van der Waals surface area contributed by atoms with Crippen LogP contribution in [0, 0.1) is 0 Å². The van der Waals surface area contributed by atoms with E-state index in [4.69, 9.17) is 4.74 Å². The molecule has 0 radical (unpaired) electrons. The van der Waals surface area contributed by atoms with Crippen LogP contribution in [0.1, 0.15) is 13.8 Å². The number of anilines is 1. The molecule has 0 spiro atoms. The number of nitrogens with one attached hydrogen (secondary N) is 1. The Hall–Kier alpha value is -3.39. The summed E-state index contributed by atoms with van der Waals surface area (Å²) in [6.45, 7) is 4.36. The van der Waals surface area contributed by atoms with Gasteiger partial charge in [0.25, 0.3) is 0 Å². The second-order valence-electron chi connectivity index (χ2n) is 6.58. The van der Waals surface area contributed by atoms with Crippen molar-refractivity contribution in [2.45, 2.75) is 24.3 Å². The van der Waals surface area contributed by atoms with Gasteiger partial charge in [0.05, 0.1) is 17.5 Å². The van der Waals surface area contributed by atoms with Crippen LogP contribution < -0.4 is 10.1 Å². The fourth-order valence-corrected chi connectivity index (χ4v) is 3.85. The lowest BCUT2D eigenvalue weighted by Gasteiger charge is -2.13. The third kappa shape index (κ3) is 4.28. The number of fused-ring (bicyclic) bond motifs is 1. The molecule has 0 saturated carbocycles. The van der Waals surface area contributed by atoms with Crippen molar-refractivity contribution in [2.75, 3.05) is 11.9 Å². The third-order valence-electron chi connectivity index (χ3n) is 4.52. The Bertz CT molecular complexity index is 1150. The molecule has 0 aliphatic heterocycles. The lowest BCUT2D eigenvalue weighted by atomic mass is 10.1. The third-order valence-corrected chi connectivity index (χ3v) is 5.55. The van der Waals surface area contributed by atoms with Crippen molar-refractivity contribution in [1.82, 2.24) is 20.2 Å². The van der Waals surface area contributed by atoms with Gasteiger partial charge in [-0.15, -0.1) is 5.10 Å². The number of tetrazole rings is 1. The lowest BCUT2D eigenvalue weighted by molar-refractivity contribution is -0.115. The first-order chi connectivity index (χ1) is 14.7. The van der Waals surface area contributed by atoms with Crippen LogP contribution in [0.5, 0.6) is 5.75 Å². The second kappa shape index (κ2) is 8.96. The Morgan fingerprint density at radius 1 is 1.10 bits per heavy atom. The van der Waals surface area contributed by atoms with E-state index in [0.29, 0.717) is 17.5 Å². The largest absolute Gasteiger partial charge is 0.494 e. The zero-order valence-electron chi connectivity index (χ0n) is 16.6. The lowest BCUT2D eigenvalue weighted by Crippen LogP contribution is -2.22. The van der Waals surface area contributed by atoms with Gasteiger partial charge in [0.15, 0.2) is 0 Å². The van der Waals surface area contributed by atoms with E-state index in [2.05, 4.69) is 20.8 Å². The summed E-state index contributed by atoms with van der Waals surface area (Å²) in [6.07, 6.45) is 0. The zero-order chi connectivity index (χ0) is 20.9. The van der Waals surface area contributed by atoms with Gasteiger partial charge in [0.2, 0.25) is 11.1 Å². The molecule has 8 heteroatoms. The molecule has 0 bridgehead atoms. The first kappa shape index (κ1) is 19.9. The SMILES string of the molecule is CCOc1ccc(NC(=O)C(C)Sc2nnnn2-c2cccc3ccccc23)cc1. The first-order valence-electron chi connectivity index (χ1n) is 9.62. The van der Waals surface area contributed by atoms with Gasteiger partial charge in [-0.05, 0) is 60.0 Å². The number of nitrogens with zero attached hydrogens (tertiary/aromatic N) is 4. The summed E-state index contributed by atoms with van der Waals surface area (Å²) in [5.41, 5.74) is 1.59. The van der Waals surface area contributed by atoms with Crippen molar-refractivity contribution in [3.8, 4) is 11.4 Å². The molecule has 1 atom stereocenters. The Labute approximate surface area is 178 Å². The molecule has 3 aromatic carbocycles. The molecule has 0 fully saturated rings. The molecular formula is C22H21N5O2S. The predicted octanol–water partition coefficient (Wildman–Crippen LogP) is 4.33. The van der Waals surface area contributed by atoms with Crippen molar-refractivity contribution < 1.29 is 9.53 Å². The van der Waals surface area contributed by atoms with Crippen molar-refractivity contribution >= 4 is 34.1 Å². The van der Waals surface area contributed by atoms with E-state index >= 15 is 0 Å². The minimum atomic E-state index is -0.392. The van der Waals surface area contributed by atoms with Crippen molar-refractivity contribution in [3.05, 3.63) is 66.7 Å². The first-order valence-corrected chi connectivity index (χ1v) is 10.5. The smallest absolute Gasteiger partial charge is 0.237 e. The van der Waals surface area contributed by atoms with Crippen LogP contribution in [0.15, 0.2) is 71.9 Å². The summed E-state index contributed by atoms with van der Waals surface area (Å²) in [4.78, 5) is 12.7. The molecule has 1 unspecified atom stereocenters. The fraction of sp³-hybridized carbons (Fsp3) is 0.182. The highest BCUT2D eigenvalue weighted by molar-refractivity contribution is 8.00. The summed E-state index contributed by atoms with van der Waals surface area (Å²) in [6, 6.07) is 21.3. The maximum atomic E-state index is 12.7. The molecule has 1 heterocycles. The van der Waals surface area contributed by atoms with Gasteiger partial charge in [-0.1, -0.05) is 48.2 Å². The summed E-state index contributed by atoms with van der Waals surface area (Å²) in [7, 11) is 0. The van der Waals surface area contributed by atoms with E-state index in [-0.39, 0.29) is 5.91 Å². The number of benzene rings is 3. The predicted molar refractivity (Wildman–Crippen MR) is 118 cm³/mol. The van der Waals surface area contributed by atoms with Crippen LogP contribution >= 0.6 is 11.8 Å². The Kier molecular flexibility index (Phi) is 5.94. The molecular weight excluding hydrogens is 398 g/mol. The van der Waals surface area contributed by atoms with Crippen molar-refractivity contribution in [2.24, 2.45) is 0 Å². The number of carbonyl (C=O) groups excluding carboxylic acids is 1. The molecule has 0 aliphatic carbocycles. The zero-order valence-corrected chi connectivity index (χ0v) is 17.5. The molecule has 0 saturated heterocycles.